The first-order chi connectivity index (χ1) is 10.2. The number of ether oxygens (including phenoxy) is 2. The Balaban J connectivity index is 1.44. The Morgan fingerprint density at radius 1 is 1.48 bits per heavy atom. The molecule has 0 radical (unpaired) electrons. The van der Waals surface area contributed by atoms with Gasteiger partial charge in [0.05, 0.1) is 19.9 Å². The second-order valence-corrected chi connectivity index (χ2v) is 6.10. The third-order valence-corrected chi connectivity index (χ3v) is 5.03. The smallest absolute Gasteiger partial charge is 0.291 e. The van der Waals surface area contributed by atoms with Gasteiger partial charge in [-0.15, -0.1) is 0 Å². The Morgan fingerprint density at radius 3 is 3.00 bits per heavy atom. The molecule has 6 nitrogen and oxygen atoms in total. The van der Waals surface area contributed by atoms with Gasteiger partial charge in [0, 0.05) is 18.5 Å². The number of rotatable bonds is 2. The lowest BCUT2D eigenvalue weighted by atomic mass is 9.85. The highest BCUT2D eigenvalue weighted by atomic mass is 16.5. The predicted octanol–water partition coefficient (Wildman–Crippen LogP) is 1.35. The van der Waals surface area contributed by atoms with E-state index >= 15 is 0 Å². The van der Waals surface area contributed by atoms with Crippen LogP contribution in [0.3, 0.4) is 0 Å². The Labute approximate surface area is 124 Å². The fraction of sp³-hybridized carbons (Fsp3) is 0.600. The van der Waals surface area contributed by atoms with Gasteiger partial charge in [-0.2, -0.15) is 0 Å². The summed E-state index contributed by atoms with van der Waals surface area (Å²) in [4.78, 5) is 11.3. The normalized spacial score (nSPS) is 36.7. The summed E-state index contributed by atoms with van der Waals surface area (Å²) >= 11 is 0. The number of aliphatic imine (C=N–C) groups is 1. The van der Waals surface area contributed by atoms with Crippen LogP contribution in [0.2, 0.25) is 0 Å². The van der Waals surface area contributed by atoms with Crippen LogP contribution in [-0.4, -0.2) is 54.3 Å². The van der Waals surface area contributed by atoms with Crippen molar-refractivity contribution in [1.29, 1.82) is 0 Å². The summed E-state index contributed by atoms with van der Waals surface area (Å²) in [7, 11) is 1.63. The number of nitrogens with zero attached hydrogens (tertiary/aromatic N) is 3. The van der Waals surface area contributed by atoms with Gasteiger partial charge in [0.15, 0.2) is 0 Å². The van der Waals surface area contributed by atoms with Gasteiger partial charge >= 0.3 is 0 Å². The average Bonchev–Trinajstić information content (AvgIpc) is 3.13. The lowest BCUT2D eigenvalue weighted by molar-refractivity contribution is 0.0355. The van der Waals surface area contributed by atoms with Crippen molar-refractivity contribution in [2.75, 3.05) is 32.1 Å². The van der Waals surface area contributed by atoms with Gasteiger partial charge in [0.25, 0.3) is 6.02 Å². The van der Waals surface area contributed by atoms with E-state index < -0.39 is 0 Å². The van der Waals surface area contributed by atoms with Gasteiger partial charge in [0.1, 0.15) is 17.2 Å². The highest BCUT2D eigenvalue weighted by molar-refractivity contribution is 5.89. The van der Waals surface area contributed by atoms with Crippen LogP contribution in [-0.2, 0) is 4.74 Å². The molecule has 2 fully saturated rings. The molecule has 4 atom stereocenters. The largest absolute Gasteiger partial charge is 0.495 e. The minimum Gasteiger partial charge on any atom is -0.495 e. The maximum absolute atomic E-state index is 6.20. The van der Waals surface area contributed by atoms with Gasteiger partial charge in [-0.3, -0.25) is 10.2 Å². The van der Waals surface area contributed by atoms with Crippen molar-refractivity contribution >= 4 is 11.8 Å². The molecule has 4 rings (SSSR count). The van der Waals surface area contributed by atoms with E-state index in [0.717, 1.165) is 24.7 Å². The van der Waals surface area contributed by atoms with Gasteiger partial charge in [-0.25, -0.2) is 9.98 Å². The van der Waals surface area contributed by atoms with E-state index in [4.69, 9.17) is 9.47 Å². The number of nitrogens with one attached hydrogen (secondary N) is 1. The van der Waals surface area contributed by atoms with Crippen LogP contribution in [0.25, 0.3) is 0 Å². The van der Waals surface area contributed by atoms with Crippen LogP contribution in [0.5, 0.6) is 5.75 Å². The quantitative estimate of drug-likeness (QED) is 0.890. The van der Waals surface area contributed by atoms with E-state index in [9.17, 15) is 0 Å². The summed E-state index contributed by atoms with van der Waals surface area (Å²) in [5.41, 5.74) is -0.119. The van der Waals surface area contributed by atoms with Gasteiger partial charge in [0.2, 0.25) is 0 Å². The van der Waals surface area contributed by atoms with E-state index in [1.807, 2.05) is 12.1 Å². The van der Waals surface area contributed by atoms with Crippen molar-refractivity contribution in [3.63, 3.8) is 0 Å². The monoisotopic (exact) mass is 288 g/mol. The number of fused-ring (bicyclic) bond motifs is 3. The molecule has 1 unspecified atom stereocenters. The van der Waals surface area contributed by atoms with Crippen LogP contribution < -0.4 is 10.1 Å². The fourth-order valence-corrected chi connectivity index (χ4v) is 3.88. The van der Waals surface area contributed by atoms with Crippen LogP contribution in [0.15, 0.2) is 23.3 Å². The number of amidine groups is 1. The molecule has 3 aliphatic rings. The van der Waals surface area contributed by atoms with E-state index in [1.54, 1.807) is 13.3 Å². The summed E-state index contributed by atoms with van der Waals surface area (Å²) in [6.07, 6.45) is 2.89. The van der Waals surface area contributed by atoms with E-state index in [1.165, 1.54) is 13.0 Å². The van der Waals surface area contributed by atoms with E-state index in [2.05, 4.69) is 27.1 Å². The molecule has 0 aromatic carbocycles. The molecule has 3 aliphatic heterocycles. The van der Waals surface area contributed by atoms with Crippen molar-refractivity contribution in [3.8, 4) is 5.75 Å². The third-order valence-electron chi connectivity index (χ3n) is 5.03. The van der Waals surface area contributed by atoms with E-state index in [0.29, 0.717) is 18.0 Å². The SMILES string of the molecule is COc1ccc(NC2=NC[C@@]3(CN4CC[C@@H]3[C@H]4C)O2)nc1. The number of hydrogen-bond donors (Lipinski definition) is 1. The maximum Gasteiger partial charge on any atom is 0.291 e. The molecule has 1 N–H and O–H groups in total. The lowest BCUT2D eigenvalue weighted by Crippen LogP contribution is -2.46. The van der Waals surface area contributed by atoms with E-state index in [-0.39, 0.29) is 5.60 Å². The molecule has 1 aromatic rings. The molecule has 1 spiro atoms. The molecule has 0 amide bonds. The first kappa shape index (κ1) is 12.9. The summed E-state index contributed by atoms with van der Waals surface area (Å²) in [6.45, 7) is 5.23. The number of methoxy groups -OCH3 is 1. The summed E-state index contributed by atoms with van der Waals surface area (Å²) in [5.74, 6) is 2.05. The molecule has 21 heavy (non-hydrogen) atoms. The number of piperidine rings is 1. The van der Waals surface area contributed by atoms with Crippen molar-refractivity contribution in [2.45, 2.75) is 25.0 Å². The molecule has 4 heterocycles. The number of hydrogen-bond acceptors (Lipinski definition) is 6. The maximum atomic E-state index is 6.20. The first-order valence-electron chi connectivity index (χ1n) is 7.45. The van der Waals surface area contributed by atoms with Gasteiger partial charge in [-0.05, 0) is 32.0 Å². The minimum absolute atomic E-state index is 0.119. The van der Waals surface area contributed by atoms with Crippen LogP contribution in [0.1, 0.15) is 13.3 Å². The van der Waals surface area contributed by atoms with Gasteiger partial charge in [-0.1, -0.05) is 0 Å². The molecule has 1 aromatic heterocycles. The second kappa shape index (κ2) is 4.59. The highest BCUT2D eigenvalue weighted by Gasteiger charge is 2.58. The topological polar surface area (TPSA) is 59.0 Å². The third kappa shape index (κ3) is 1.97. The molecular weight excluding hydrogens is 268 g/mol. The number of anilines is 1. The van der Waals surface area contributed by atoms with Crippen molar-refractivity contribution in [2.24, 2.45) is 10.9 Å². The molecule has 0 aliphatic carbocycles. The number of aromatic nitrogens is 1. The van der Waals surface area contributed by atoms with Crippen molar-refractivity contribution < 1.29 is 9.47 Å². The average molecular weight is 288 g/mol. The summed E-state index contributed by atoms with van der Waals surface area (Å²) < 4.78 is 11.3. The van der Waals surface area contributed by atoms with Crippen LogP contribution >= 0.6 is 0 Å². The molecule has 112 valence electrons. The fourth-order valence-electron chi connectivity index (χ4n) is 3.88. The second-order valence-electron chi connectivity index (χ2n) is 6.10. The summed E-state index contributed by atoms with van der Waals surface area (Å²) in [5, 5.41) is 3.16. The molecule has 6 heteroatoms. The van der Waals surface area contributed by atoms with Gasteiger partial charge < -0.3 is 9.47 Å². The van der Waals surface area contributed by atoms with Crippen LogP contribution in [0.4, 0.5) is 5.82 Å². The molecule has 2 bridgehead atoms. The highest BCUT2D eigenvalue weighted by Crippen LogP contribution is 2.45. The Kier molecular flexibility index (Phi) is 2.82. The standard InChI is InChI=1S/C15H20N4O2/c1-10-12-5-6-19(10)9-15(12)8-17-14(21-15)18-13-4-3-11(20-2)7-16-13/h3-4,7,10,12H,5-6,8-9H2,1-2H3,(H,16,17,18)/t10-,12-,15+/m1/s1. The minimum atomic E-state index is -0.119. The zero-order valence-corrected chi connectivity index (χ0v) is 12.4. The van der Waals surface area contributed by atoms with Crippen LogP contribution in [0, 0.1) is 5.92 Å². The molecule has 2 saturated heterocycles. The Hall–Kier alpha value is -1.82. The Bertz CT molecular complexity index is 574. The zero-order valence-electron chi connectivity index (χ0n) is 12.4. The molecule has 0 saturated carbocycles. The van der Waals surface area contributed by atoms with Crippen molar-refractivity contribution in [1.82, 2.24) is 9.88 Å². The van der Waals surface area contributed by atoms with Crippen molar-refractivity contribution in [3.05, 3.63) is 18.3 Å². The number of pyridine rings is 1. The first-order valence-corrected chi connectivity index (χ1v) is 7.45. The predicted molar refractivity (Wildman–Crippen MR) is 79.7 cm³/mol. The lowest BCUT2D eigenvalue weighted by Gasteiger charge is -2.32. The molecular formula is C15H20N4O2. The zero-order chi connectivity index (χ0) is 14.4. The summed E-state index contributed by atoms with van der Waals surface area (Å²) in [6, 6.07) is 4.93. The Morgan fingerprint density at radius 2 is 2.38 bits per heavy atom.